The third-order valence-corrected chi connectivity index (χ3v) is 3.86. The number of hydrogen-bond donors (Lipinski definition) is 2. The van der Waals surface area contributed by atoms with Crippen LogP contribution in [0.15, 0.2) is 27.4 Å². The summed E-state index contributed by atoms with van der Waals surface area (Å²) in [5.41, 5.74) is 2.29. The first-order valence-electron chi connectivity index (χ1n) is 7.58. The lowest BCUT2D eigenvalue weighted by Crippen LogP contribution is -2.52. The summed E-state index contributed by atoms with van der Waals surface area (Å²) >= 11 is 0. The van der Waals surface area contributed by atoms with Gasteiger partial charge in [0.15, 0.2) is 5.58 Å². The van der Waals surface area contributed by atoms with Gasteiger partial charge in [-0.05, 0) is 24.6 Å². The first-order valence-corrected chi connectivity index (χ1v) is 7.58. The number of oxazole rings is 1. The molecule has 7 nitrogen and oxygen atoms in total. The number of nitrogens with one attached hydrogen (secondary N) is 2. The van der Waals surface area contributed by atoms with Gasteiger partial charge in [-0.25, -0.2) is 9.59 Å². The molecule has 0 spiro atoms. The zero-order chi connectivity index (χ0) is 15.5. The van der Waals surface area contributed by atoms with E-state index in [0.29, 0.717) is 30.7 Å². The molecule has 7 heteroatoms. The van der Waals surface area contributed by atoms with Crippen LogP contribution in [-0.2, 0) is 0 Å². The molecule has 2 heterocycles. The number of piperazine rings is 1. The number of rotatable bonds is 3. The molecule has 2 amide bonds. The Labute approximate surface area is 127 Å². The van der Waals surface area contributed by atoms with Gasteiger partial charge in [-0.3, -0.25) is 4.98 Å². The second-order valence-electron chi connectivity index (χ2n) is 5.40. The number of fused-ring (bicyclic) bond motifs is 1. The summed E-state index contributed by atoms with van der Waals surface area (Å²) in [5, 5.41) is 2.90. The smallest absolute Gasteiger partial charge is 0.408 e. The predicted molar refractivity (Wildman–Crippen MR) is 84.3 cm³/mol. The van der Waals surface area contributed by atoms with Crippen LogP contribution >= 0.6 is 0 Å². The third kappa shape index (κ3) is 2.93. The quantitative estimate of drug-likeness (QED) is 0.897. The van der Waals surface area contributed by atoms with Crippen LogP contribution in [0, 0.1) is 0 Å². The lowest BCUT2D eigenvalue weighted by Gasteiger charge is -2.36. The van der Waals surface area contributed by atoms with E-state index in [1.807, 2.05) is 24.0 Å². The van der Waals surface area contributed by atoms with Crippen molar-refractivity contribution < 1.29 is 9.21 Å². The van der Waals surface area contributed by atoms with Gasteiger partial charge in [0.2, 0.25) is 0 Å². The molecule has 22 heavy (non-hydrogen) atoms. The monoisotopic (exact) mass is 304 g/mol. The van der Waals surface area contributed by atoms with E-state index in [4.69, 9.17) is 4.42 Å². The number of aromatic amines is 1. The molecule has 0 unspecified atom stereocenters. The summed E-state index contributed by atoms with van der Waals surface area (Å²) in [6.07, 6.45) is 0.939. The van der Waals surface area contributed by atoms with Gasteiger partial charge in [0.25, 0.3) is 0 Å². The SMILES string of the molecule is CCCNC(=O)N1CCN(c2ccc3oc(=O)[nH]c3c2)CC1. The maximum absolute atomic E-state index is 11.9. The molecule has 0 atom stereocenters. The Hall–Kier alpha value is -2.44. The van der Waals surface area contributed by atoms with Crippen LogP contribution in [0.3, 0.4) is 0 Å². The third-order valence-electron chi connectivity index (χ3n) is 3.86. The standard InChI is InChI=1S/C15H20N4O3/c1-2-5-16-14(20)19-8-6-18(7-9-19)11-3-4-13-12(10-11)17-15(21)22-13/h3-4,10H,2,5-9H2,1H3,(H,16,20)(H,17,21). The Bertz CT molecular complexity index is 713. The minimum Gasteiger partial charge on any atom is -0.408 e. The lowest BCUT2D eigenvalue weighted by atomic mass is 10.2. The van der Waals surface area contributed by atoms with Crippen LogP contribution in [-0.4, -0.2) is 48.6 Å². The molecule has 1 aliphatic heterocycles. The fraction of sp³-hybridized carbons (Fsp3) is 0.467. The van der Waals surface area contributed by atoms with E-state index in [2.05, 4.69) is 15.2 Å². The largest absolute Gasteiger partial charge is 0.417 e. The summed E-state index contributed by atoms with van der Waals surface area (Å²) in [4.78, 5) is 29.8. The first-order chi connectivity index (χ1) is 10.7. The molecule has 0 saturated carbocycles. The number of urea groups is 1. The highest BCUT2D eigenvalue weighted by molar-refractivity contribution is 5.77. The number of benzene rings is 1. The van der Waals surface area contributed by atoms with Crippen LogP contribution in [0.5, 0.6) is 0 Å². The molecule has 1 aromatic heterocycles. The van der Waals surface area contributed by atoms with Gasteiger partial charge in [-0.15, -0.1) is 0 Å². The zero-order valence-corrected chi connectivity index (χ0v) is 12.6. The van der Waals surface area contributed by atoms with Crippen molar-refractivity contribution >= 4 is 22.8 Å². The van der Waals surface area contributed by atoms with Gasteiger partial charge >= 0.3 is 11.8 Å². The van der Waals surface area contributed by atoms with Crippen molar-refractivity contribution in [1.29, 1.82) is 0 Å². The molecule has 0 radical (unpaired) electrons. The normalized spacial score (nSPS) is 15.3. The van der Waals surface area contributed by atoms with Gasteiger partial charge in [-0.1, -0.05) is 6.92 Å². The molecule has 2 N–H and O–H groups in total. The number of carbonyl (C=O) groups is 1. The highest BCUT2D eigenvalue weighted by Gasteiger charge is 2.21. The summed E-state index contributed by atoms with van der Waals surface area (Å²) in [5.74, 6) is -0.440. The topological polar surface area (TPSA) is 81.6 Å². The number of anilines is 1. The van der Waals surface area contributed by atoms with E-state index in [9.17, 15) is 9.59 Å². The Morgan fingerprint density at radius 1 is 1.32 bits per heavy atom. The van der Waals surface area contributed by atoms with E-state index < -0.39 is 5.76 Å². The van der Waals surface area contributed by atoms with Gasteiger partial charge in [0.1, 0.15) is 0 Å². The van der Waals surface area contributed by atoms with Crippen molar-refractivity contribution in [3.63, 3.8) is 0 Å². The molecule has 1 aliphatic rings. The van der Waals surface area contributed by atoms with Crippen LogP contribution in [0.25, 0.3) is 11.1 Å². The molecular formula is C15H20N4O3. The second-order valence-corrected chi connectivity index (χ2v) is 5.40. The minimum absolute atomic E-state index is 0.0103. The molecule has 0 aliphatic carbocycles. The Morgan fingerprint density at radius 2 is 2.09 bits per heavy atom. The molecule has 3 rings (SSSR count). The maximum atomic E-state index is 11.9. The second kappa shape index (κ2) is 6.13. The van der Waals surface area contributed by atoms with E-state index in [1.165, 1.54) is 0 Å². The molecule has 118 valence electrons. The number of amides is 2. The van der Waals surface area contributed by atoms with Gasteiger partial charge in [-0.2, -0.15) is 0 Å². The highest BCUT2D eigenvalue weighted by atomic mass is 16.4. The highest BCUT2D eigenvalue weighted by Crippen LogP contribution is 2.21. The number of H-pyrrole nitrogens is 1. The summed E-state index contributed by atoms with van der Waals surface area (Å²) < 4.78 is 5.01. The first kappa shape index (κ1) is 14.5. The fourth-order valence-corrected chi connectivity index (χ4v) is 2.65. The van der Waals surface area contributed by atoms with E-state index in [1.54, 1.807) is 6.07 Å². The van der Waals surface area contributed by atoms with Crippen molar-refractivity contribution in [2.45, 2.75) is 13.3 Å². The number of aromatic nitrogens is 1. The Morgan fingerprint density at radius 3 is 2.82 bits per heavy atom. The maximum Gasteiger partial charge on any atom is 0.417 e. The summed E-state index contributed by atoms with van der Waals surface area (Å²) in [7, 11) is 0. The fourth-order valence-electron chi connectivity index (χ4n) is 2.65. The molecule has 2 aromatic rings. The van der Waals surface area contributed by atoms with Crippen LogP contribution in [0.4, 0.5) is 10.5 Å². The van der Waals surface area contributed by atoms with Gasteiger partial charge < -0.3 is 19.5 Å². The molecular weight excluding hydrogens is 284 g/mol. The average molecular weight is 304 g/mol. The molecule has 1 aromatic carbocycles. The number of nitrogens with zero attached hydrogens (tertiary/aromatic N) is 2. The lowest BCUT2D eigenvalue weighted by molar-refractivity contribution is 0.194. The molecule has 1 fully saturated rings. The molecule has 0 bridgehead atoms. The summed E-state index contributed by atoms with van der Waals surface area (Å²) in [6, 6.07) is 5.65. The molecule has 1 saturated heterocycles. The van der Waals surface area contributed by atoms with Crippen molar-refractivity contribution in [3.05, 3.63) is 28.7 Å². The van der Waals surface area contributed by atoms with Crippen molar-refractivity contribution in [1.82, 2.24) is 15.2 Å². The summed E-state index contributed by atoms with van der Waals surface area (Å²) in [6.45, 7) is 5.67. The Balaban J connectivity index is 1.64. The minimum atomic E-state index is -0.440. The van der Waals surface area contributed by atoms with E-state index in [-0.39, 0.29) is 6.03 Å². The van der Waals surface area contributed by atoms with Gasteiger partial charge in [0, 0.05) is 38.4 Å². The number of carbonyl (C=O) groups excluding carboxylic acids is 1. The Kier molecular flexibility index (Phi) is 4.04. The van der Waals surface area contributed by atoms with E-state index >= 15 is 0 Å². The van der Waals surface area contributed by atoms with Gasteiger partial charge in [0.05, 0.1) is 5.52 Å². The van der Waals surface area contributed by atoms with Crippen molar-refractivity contribution in [2.75, 3.05) is 37.6 Å². The van der Waals surface area contributed by atoms with Crippen molar-refractivity contribution in [2.24, 2.45) is 0 Å². The van der Waals surface area contributed by atoms with Crippen LogP contribution < -0.4 is 16.0 Å². The van der Waals surface area contributed by atoms with Crippen molar-refractivity contribution in [3.8, 4) is 0 Å². The van der Waals surface area contributed by atoms with E-state index in [0.717, 1.165) is 25.2 Å². The number of hydrogen-bond acceptors (Lipinski definition) is 4. The zero-order valence-electron chi connectivity index (χ0n) is 12.6. The average Bonchev–Trinajstić information content (AvgIpc) is 2.91. The predicted octanol–water partition coefficient (Wildman–Crippen LogP) is 1.36. The van der Waals surface area contributed by atoms with Crippen LogP contribution in [0.2, 0.25) is 0 Å². The van der Waals surface area contributed by atoms with Crippen LogP contribution in [0.1, 0.15) is 13.3 Å².